The molecule has 0 aliphatic heterocycles. The summed E-state index contributed by atoms with van der Waals surface area (Å²) < 4.78 is 5.06. The van der Waals surface area contributed by atoms with Crippen molar-refractivity contribution in [1.82, 2.24) is 5.32 Å². The number of methoxy groups -OCH3 is 1. The minimum absolute atomic E-state index is 0.0329. The topological polar surface area (TPSA) is 38.3 Å². The van der Waals surface area contributed by atoms with Gasteiger partial charge in [0, 0.05) is 24.1 Å². The van der Waals surface area contributed by atoms with Crippen LogP contribution in [0.1, 0.15) is 20.8 Å². The molecule has 1 heterocycles. The lowest BCUT2D eigenvalue weighted by atomic mass is 10.1. The van der Waals surface area contributed by atoms with Crippen molar-refractivity contribution in [3.05, 3.63) is 57.8 Å². The highest BCUT2D eigenvalue weighted by atomic mass is 32.1. The predicted molar refractivity (Wildman–Crippen MR) is 77.5 cm³/mol. The number of benzene rings is 1. The van der Waals surface area contributed by atoms with E-state index in [1.165, 1.54) is 4.88 Å². The molecule has 19 heavy (non-hydrogen) atoms. The van der Waals surface area contributed by atoms with Crippen LogP contribution in [0.2, 0.25) is 0 Å². The Hall–Kier alpha value is -1.65. The van der Waals surface area contributed by atoms with Gasteiger partial charge in [-0.1, -0.05) is 18.2 Å². The van der Waals surface area contributed by atoms with Gasteiger partial charge in [-0.25, -0.2) is 0 Å². The zero-order valence-corrected chi connectivity index (χ0v) is 11.7. The summed E-state index contributed by atoms with van der Waals surface area (Å²) in [4.78, 5) is 13.3. The van der Waals surface area contributed by atoms with Gasteiger partial charge in [-0.3, -0.25) is 4.79 Å². The molecule has 0 unspecified atom stereocenters. The molecule has 2 aromatic rings. The fourth-order valence-electron chi connectivity index (χ4n) is 1.83. The summed E-state index contributed by atoms with van der Waals surface area (Å²) in [7, 11) is 1.65. The number of nitrogens with one attached hydrogen (secondary N) is 1. The Bertz CT molecular complexity index is 523. The minimum Gasteiger partial charge on any atom is -0.380 e. The molecular weight excluding hydrogens is 258 g/mol. The highest BCUT2D eigenvalue weighted by Crippen LogP contribution is 2.09. The van der Waals surface area contributed by atoms with Crippen molar-refractivity contribution in [2.24, 2.45) is 0 Å². The Kier molecular flexibility index (Phi) is 5.12. The second kappa shape index (κ2) is 7.07. The number of hydrogen-bond acceptors (Lipinski definition) is 3. The van der Waals surface area contributed by atoms with Crippen molar-refractivity contribution in [1.29, 1.82) is 0 Å². The third-order valence-electron chi connectivity index (χ3n) is 2.74. The monoisotopic (exact) mass is 275 g/mol. The Morgan fingerprint density at radius 2 is 2.21 bits per heavy atom. The van der Waals surface area contributed by atoms with Crippen LogP contribution in [-0.4, -0.2) is 19.6 Å². The fraction of sp³-hybridized carbons (Fsp3) is 0.267. The van der Waals surface area contributed by atoms with E-state index in [0.717, 1.165) is 12.0 Å². The standard InChI is InChI=1S/C15H17NO2S/c1-18-11-12-4-2-5-13(10-12)15(17)16-8-7-14-6-3-9-19-14/h2-6,9-10H,7-8,11H2,1H3,(H,16,17). The maximum absolute atomic E-state index is 12.0. The van der Waals surface area contributed by atoms with E-state index in [1.54, 1.807) is 18.4 Å². The molecule has 1 amide bonds. The molecular formula is C15H17NO2S. The first-order valence-electron chi connectivity index (χ1n) is 6.18. The second-order valence-electron chi connectivity index (χ2n) is 4.22. The van der Waals surface area contributed by atoms with E-state index in [1.807, 2.05) is 35.7 Å². The summed E-state index contributed by atoms with van der Waals surface area (Å²) in [6.45, 7) is 1.18. The number of hydrogen-bond donors (Lipinski definition) is 1. The van der Waals surface area contributed by atoms with Gasteiger partial charge in [-0.15, -0.1) is 11.3 Å². The highest BCUT2D eigenvalue weighted by Gasteiger charge is 2.05. The molecule has 0 atom stereocenters. The first kappa shape index (κ1) is 13.8. The maximum atomic E-state index is 12.0. The number of thiophene rings is 1. The van der Waals surface area contributed by atoms with Crippen LogP contribution in [0.15, 0.2) is 41.8 Å². The Morgan fingerprint density at radius 3 is 2.95 bits per heavy atom. The van der Waals surface area contributed by atoms with Crippen LogP contribution >= 0.6 is 11.3 Å². The van der Waals surface area contributed by atoms with Gasteiger partial charge in [0.15, 0.2) is 0 Å². The molecule has 2 rings (SSSR count). The quantitative estimate of drug-likeness (QED) is 0.880. The van der Waals surface area contributed by atoms with Gasteiger partial charge in [0.1, 0.15) is 0 Å². The molecule has 0 bridgehead atoms. The number of rotatable bonds is 6. The molecule has 0 saturated heterocycles. The van der Waals surface area contributed by atoms with Gasteiger partial charge in [-0.2, -0.15) is 0 Å². The molecule has 0 saturated carbocycles. The lowest BCUT2D eigenvalue weighted by Crippen LogP contribution is -2.25. The van der Waals surface area contributed by atoms with E-state index in [4.69, 9.17) is 4.74 Å². The highest BCUT2D eigenvalue weighted by molar-refractivity contribution is 7.09. The molecule has 0 spiro atoms. The van der Waals surface area contributed by atoms with Crippen molar-refractivity contribution in [3.8, 4) is 0 Å². The SMILES string of the molecule is COCc1cccc(C(=O)NCCc2cccs2)c1. The summed E-state index contributed by atoms with van der Waals surface area (Å²) >= 11 is 1.71. The lowest BCUT2D eigenvalue weighted by molar-refractivity contribution is 0.0954. The van der Waals surface area contributed by atoms with E-state index >= 15 is 0 Å². The van der Waals surface area contributed by atoms with Crippen LogP contribution in [0.4, 0.5) is 0 Å². The summed E-state index contributed by atoms with van der Waals surface area (Å²) in [5.74, 6) is -0.0329. The van der Waals surface area contributed by atoms with Crippen LogP contribution in [0.25, 0.3) is 0 Å². The van der Waals surface area contributed by atoms with Crippen LogP contribution in [0.3, 0.4) is 0 Å². The number of amides is 1. The van der Waals surface area contributed by atoms with E-state index in [9.17, 15) is 4.79 Å². The molecule has 3 nitrogen and oxygen atoms in total. The first-order valence-corrected chi connectivity index (χ1v) is 7.06. The molecule has 1 aromatic carbocycles. The van der Waals surface area contributed by atoms with E-state index < -0.39 is 0 Å². The lowest BCUT2D eigenvalue weighted by Gasteiger charge is -2.06. The Balaban J connectivity index is 1.87. The zero-order valence-electron chi connectivity index (χ0n) is 10.9. The first-order chi connectivity index (χ1) is 9.29. The third-order valence-corrected chi connectivity index (χ3v) is 3.67. The van der Waals surface area contributed by atoms with Gasteiger partial charge in [0.25, 0.3) is 5.91 Å². The number of ether oxygens (including phenoxy) is 1. The van der Waals surface area contributed by atoms with Crippen molar-refractivity contribution in [3.63, 3.8) is 0 Å². The number of carbonyl (C=O) groups is 1. The van der Waals surface area contributed by atoms with E-state index in [-0.39, 0.29) is 5.91 Å². The molecule has 0 radical (unpaired) electrons. The normalized spacial score (nSPS) is 10.4. The van der Waals surface area contributed by atoms with Crippen LogP contribution in [0, 0.1) is 0 Å². The van der Waals surface area contributed by atoms with E-state index in [0.29, 0.717) is 18.7 Å². The van der Waals surface area contributed by atoms with Crippen LogP contribution < -0.4 is 5.32 Å². The van der Waals surface area contributed by atoms with Gasteiger partial charge < -0.3 is 10.1 Å². The molecule has 0 aliphatic rings. The largest absolute Gasteiger partial charge is 0.380 e. The summed E-state index contributed by atoms with van der Waals surface area (Å²) in [5.41, 5.74) is 1.69. The second-order valence-corrected chi connectivity index (χ2v) is 5.25. The predicted octanol–water partition coefficient (Wildman–Crippen LogP) is 2.87. The van der Waals surface area contributed by atoms with Gasteiger partial charge in [0.2, 0.25) is 0 Å². The van der Waals surface area contributed by atoms with E-state index in [2.05, 4.69) is 11.4 Å². The summed E-state index contributed by atoms with van der Waals surface area (Å²) in [6.07, 6.45) is 0.876. The molecule has 100 valence electrons. The Morgan fingerprint density at radius 1 is 1.32 bits per heavy atom. The summed E-state index contributed by atoms with van der Waals surface area (Å²) in [5, 5.41) is 4.98. The van der Waals surface area contributed by atoms with Crippen LogP contribution in [0.5, 0.6) is 0 Å². The third kappa shape index (κ3) is 4.19. The van der Waals surface area contributed by atoms with Crippen molar-refractivity contribution in [2.75, 3.05) is 13.7 Å². The average Bonchev–Trinajstić information content (AvgIpc) is 2.92. The molecule has 0 aliphatic carbocycles. The van der Waals surface area contributed by atoms with Crippen molar-refractivity contribution < 1.29 is 9.53 Å². The average molecular weight is 275 g/mol. The smallest absolute Gasteiger partial charge is 0.251 e. The van der Waals surface area contributed by atoms with Crippen molar-refractivity contribution >= 4 is 17.2 Å². The van der Waals surface area contributed by atoms with Crippen molar-refractivity contribution in [2.45, 2.75) is 13.0 Å². The summed E-state index contributed by atoms with van der Waals surface area (Å²) in [6, 6.07) is 11.6. The molecule has 4 heteroatoms. The minimum atomic E-state index is -0.0329. The molecule has 1 aromatic heterocycles. The van der Waals surface area contributed by atoms with Gasteiger partial charge in [-0.05, 0) is 35.6 Å². The zero-order chi connectivity index (χ0) is 13.5. The maximum Gasteiger partial charge on any atom is 0.251 e. The van der Waals surface area contributed by atoms with Gasteiger partial charge in [0.05, 0.1) is 6.61 Å². The number of carbonyl (C=O) groups excluding carboxylic acids is 1. The van der Waals surface area contributed by atoms with Crippen LogP contribution in [-0.2, 0) is 17.8 Å². The Labute approximate surface area is 117 Å². The van der Waals surface area contributed by atoms with Gasteiger partial charge >= 0.3 is 0 Å². The molecule has 1 N–H and O–H groups in total. The fourth-order valence-corrected chi connectivity index (χ4v) is 2.53. The molecule has 0 fully saturated rings.